The van der Waals surface area contributed by atoms with E-state index in [1.807, 2.05) is 14.8 Å². The monoisotopic (exact) mass is 476 g/mol. The Morgan fingerprint density at radius 2 is 1.82 bits per heavy atom. The Kier molecular flexibility index (Phi) is 5.47. The van der Waals surface area contributed by atoms with Crippen molar-refractivity contribution in [1.82, 2.24) is 24.4 Å². The van der Waals surface area contributed by atoms with Gasteiger partial charge < -0.3 is 5.32 Å². The molecule has 0 aliphatic heterocycles. The van der Waals surface area contributed by atoms with E-state index in [0.717, 1.165) is 46.2 Å². The largest absolute Gasteiger partial charge is 0.333 e. The molecule has 0 aliphatic rings. The summed E-state index contributed by atoms with van der Waals surface area (Å²) in [5.74, 6) is -4.98. The molecule has 8 nitrogen and oxygen atoms in total. The molecule has 0 saturated heterocycles. The zero-order chi connectivity index (χ0) is 24.1. The zero-order valence-corrected chi connectivity index (χ0v) is 19.1. The van der Waals surface area contributed by atoms with Crippen molar-refractivity contribution >= 4 is 40.3 Å². The third kappa shape index (κ3) is 4.45. The summed E-state index contributed by atoms with van der Waals surface area (Å²) in [6.07, 6.45) is 2.44. The minimum Gasteiger partial charge on any atom is -0.322 e. The molecule has 4 rings (SSSR count). The molecule has 0 aliphatic carbocycles. The van der Waals surface area contributed by atoms with E-state index in [4.69, 9.17) is 0 Å². The van der Waals surface area contributed by atoms with E-state index in [1.54, 1.807) is 11.7 Å². The number of aryl methyl sites for hydroxylation is 1. The number of nitrogens with zero attached hydrogens (tertiary/aromatic N) is 5. The molecule has 1 N–H and O–H groups in total. The molecule has 0 saturated carbocycles. The Labute approximate surface area is 188 Å². The molecule has 3 heterocycles. The summed E-state index contributed by atoms with van der Waals surface area (Å²) in [5.41, 5.74) is 1.85. The summed E-state index contributed by atoms with van der Waals surface area (Å²) in [4.78, 5) is 4.07. The number of fused-ring (bicyclic) bond motifs is 1. The molecule has 0 amide bonds. The van der Waals surface area contributed by atoms with Gasteiger partial charge in [-0.25, -0.2) is 22.3 Å². The van der Waals surface area contributed by atoms with Crippen LogP contribution in [0, 0.1) is 12.7 Å². The number of hydrogen-bond acceptors (Lipinski definition) is 6. The number of anilines is 2. The Morgan fingerprint density at radius 1 is 1.15 bits per heavy atom. The molecule has 0 spiro atoms. The van der Waals surface area contributed by atoms with Crippen molar-refractivity contribution in [2.45, 2.75) is 18.6 Å². The Hall–Kier alpha value is -3.35. The van der Waals surface area contributed by atoms with Gasteiger partial charge in [-0.3, -0.25) is 4.68 Å². The van der Waals surface area contributed by atoms with Crippen molar-refractivity contribution in [1.29, 1.82) is 0 Å². The maximum Gasteiger partial charge on any atom is 0.333 e. The second kappa shape index (κ2) is 7.90. The molecule has 13 heteroatoms. The number of aromatic nitrogens is 5. The first-order valence-electron chi connectivity index (χ1n) is 9.84. The van der Waals surface area contributed by atoms with Crippen LogP contribution in [0.15, 0.2) is 36.5 Å². The topological polar surface area (TPSA) is 94.2 Å². The van der Waals surface area contributed by atoms with Gasteiger partial charge in [-0.2, -0.15) is 13.9 Å². The number of rotatable bonds is 6. The van der Waals surface area contributed by atoms with Crippen molar-refractivity contribution in [2.24, 2.45) is 7.05 Å². The van der Waals surface area contributed by atoms with Gasteiger partial charge in [-0.1, -0.05) is 0 Å². The Morgan fingerprint density at radius 3 is 2.39 bits per heavy atom. The smallest absolute Gasteiger partial charge is 0.322 e. The molecular weight excluding hydrogens is 456 g/mol. The minimum absolute atomic E-state index is 0.0303. The lowest BCUT2D eigenvalue weighted by atomic mass is 9.96. The van der Waals surface area contributed by atoms with Crippen LogP contribution in [-0.4, -0.2) is 46.9 Å². The van der Waals surface area contributed by atoms with Gasteiger partial charge in [-0.15, -0.1) is 5.10 Å². The predicted molar refractivity (Wildman–Crippen MR) is 120 cm³/mol. The van der Waals surface area contributed by atoms with Gasteiger partial charge in [-0.05, 0) is 48.3 Å². The fraction of sp³-hybridized carbons (Fsp3) is 0.250. The highest BCUT2D eigenvalue weighted by Crippen LogP contribution is 2.35. The number of hydrogen-bond donors (Lipinski definition) is 1. The van der Waals surface area contributed by atoms with E-state index in [9.17, 15) is 12.8 Å². The molecule has 4 aromatic rings. The summed E-state index contributed by atoms with van der Waals surface area (Å²) in [5, 5.41) is 11.3. The fourth-order valence-corrected chi connectivity index (χ4v) is 4.16. The first-order chi connectivity index (χ1) is 15.3. The van der Waals surface area contributed by atoms with Crippen LogP contribution in [-0.2, 0) is 28.6 Å². The van der Waals surface area contributed by atoms with Gasteiger partial charge in [0, 0.05) is 30.8 Å². The van der Waals surface area contributed by atoms with Crippen LogP contribution in [0.1, 0.15) is 22.6 Å². The second-order valence-corrected chi connectivity index (χ2v) is 10.1. The van der Waals surface area contributed by atoms with Gasteiger partial charge in [0.15, 0.2) is 15.7 Å². The third-order valence-electron chi connectivity index (χ3n) is 5.31. The zero-order valence-electron chi connectivity index (χ0n) is 18.3. The van der Waals surface area contributed by atoms with E-state index in [0.29, 0.717) is 16.9 Å². The van der Waals surface area contributed by atoms with Crippen molar-refractivity contribution < 1.29 is 21.6 Å². The average molecular weight is 476 g/mol. The summed E-state index contributed by atoms with van der Waals surface area (Å²) in [6, 6.07) is 5.32. The molecule has 172 valence electrons. The average Bonchev–Trinajstić information content (AvgIpc) is 3.22. The van der Waals surface area contributed by atoms with Gasteiger partial charge in [0.05, 0.1) is 5.75 Å². The summed E-state index contributed by atoms with van der Waals surface area (Å²) >= 11 is 0. The van der Waals surface area contributed by atoms with E-state index >= 15 is 8.78 Å². The number of sulfone groups is 1. The SMILES string of the molecule is Bc1c(Nc2nc(C(F)(F)c3ccc(F)cc3)nn3cc(CS(C)(=O)=O)cc23)nn(C)c1C. The molecule has 0 unspecified atom stereocenters. The molecule has 33 heavy (non-hydrogen) atoms. The van der Waals surface area contributed by atoms with Gasteiger partial charge >= 0.3 is 5.92 Å². The molecule has 0 atom stereocenters. The number of nitrogens with one attached hydrogen (secondary N) is 1. The number of alkyl halides is 2. The van der Waals surface area contributed by atoms with Crippen molar-refractivity contribution in [3.8, 4) is 0 Å². The quantitative estimate of drug-likeness (QED) is 0.425. The predicted octanol–water partition coefficient (Wildman–Crippen LogP) is 1.60. The van der Waals surface area contributed by atoms with Crippen LogP contribution in [0.3, 0.4) is 0 Å². The lowest BCUT2D eigenvalue weighted by molar-refractivity contribution is 0.0315. The lowest BCUT2D eigenvalue weighted by Gasteiger charge is -2.17. The first-order valence-corrected chi connectivity index (χ1v) is 11.9. The summed E-state index contributed by atoms with van der Waals surface area (Å²) < 4.78 is 70.1. The molecule has 1 aromatic carbocycles. The molecule has 0 fully saturated rings. The van der Waals surface area contributed by atoms with Gasteiger partial charge in [0.1, 0.15) is 25.0 Å². The number of benzene rings is 1. The van der Waals surface area contributed by atoms with E-state index in [-0.39, 0.29) is 11.6 Å². The third-order valence-corrected chi connectivity index (χ3v) is 6.16. The van der Waals surface area contributed by atoms with Gasteiger partial charge in [0.25, 0.3) is 0 Å². The molecular formula is C20H20BF3N6O2S. The van der Waals surface area contributed by atoms with E-state index in [1.165, 1.54) is 12.3 Å². The normalized spacial score (nSPS) is 12.4. The highest BCUT2D eigenvalue weighted by molar-refractivity contribution is 7.89. The summed E-state index contributed by atoms with van der Waals surface area (Å²) in [6.45, 7) is 1.86. The van der Waals surface area contributed by atoms with Crippen LogP contribution >= 0.6 is 0 Å². The molecule has 0 radical (unpaired) electrons. The van der Waals surface area contributed by atoms with Gasteiger partial charge in [0.2, 0.25) is 5.82 Å². The Bertz CT molecular complexity index is 1470. The van der Waals surface area contributed by atoms with E-state index in [2.05, 4.69) is 20.5 Å². The molecule has 3 aromatic heterocycles. The highest BCUT2D eigenvalue weighted by atomic mass is 32.2. The van der Waals surface area contributed by atoms with Crippen LogP contribution in [0.25, 0.3) is 5.52 Å². The van der Waals surface area contributed by atoms with Crippen LogP contribution in [0.4, 0.5) is 24.8 Å². The minimum atomic E-state index is -3.64. The number of halogens is 3. The van der Waals surface area contributed by atoms with Crippen LogP contribution < -0.4 is 10.8 Å². The van der Waals surface area contributed by atoms with Crippen LogP contribution in [0.5, 0.6) is 0 Å². The Balaban J connectivity index is 1.89. The molecule has 0 bridgehead atoms. The standard InChI is InChI=1S/C20H20BF3N6O2S/c1-11-16(21)18(27-29(11)2)25-17-15-8-12(10-33(3,31)32)9-30(15)28-19(26-17)20(23,24)13-4-6-14(22)7-5-13/h4-9H,10,21H2,1-3H3,(H,25,26,27,28). The second-order valence-electron chi connectivity index (χ2n) is 7.92. The maximum atomic E-state index is 15.3. The van der Waals surface area contributed by atoms with Crippen molar-refractivity contribution in [3.05, 3.63) is 65.0 Å². The lowest BCUT2D eigenvalue weighted by Crippen LogP contribution is -2.22. The maximum absolute atomic E-state index is 15.3. The fourth-order valence-electron chi connectivity index (χ4n) is 3.39. The highest BCUT2D eigenvalue weighted by Gasteiger charge is 2.39. The van der Waals surface area contributed by atoms with E-state index < -0.39 is 33.0 Å². The van der Waals surface area contributed by atoms with Crippen molar-refractivity contribution in [3.63, 3.8) is 0 Å². The first kappa shape index (κ1) is 22.8. The summed E-state index contributed by atoms with van der Waals surface area (Å²) in [7, 11) is 0.200. The van der Waals surface area contributed by atoms with Crippen molar-refractivity contribution in [2.75, 3.05) is 11.6 Å². The van der Waals surface area contributed by atoms with Crippen LogP contribution in [0.2, 0.25) is 0 Å².